The van der Waals surface area contributed by atoms with E-state index in [1.807, 2.05) is 37.3 Å². The summed E-state index contributed by atoms with van der Waals surface area (Å²) in [5.74, 6) is -0.225. The second-order valence-corrected chi connectivity index (χ2v) is 5.24. The third kappa shape index (κ3) is 4.82. The van der Waals surface area contributed by atoms with Crippen LogP contribution in [0.25, 0.3) is 0 Å². The van der Waals surface area contributed by atoms with E-state index in [0.717, 1.165) is 23.3 Å². The minimum atomic E-state index is -0.551. The number of amides is 2. The number of nitrogens with one attached hydrogen (secondary N) is 1. The standard InChI is InChI=1S/C16H22N2O4/c1-2-6-14(11-15(19)18-9-10-21-16(18)20)17-22-12-13-7-4-3-5-8-13/h3-5,7-8,14,17H,2,6,9-12H2,1H3/t14-/m1/s1. The van der Waals surface area contributed by atoms with Crippen molar-refractivity contribution in [2.45, 2.75) is 38.8 Å². The van der Waals surface area contributed by atoms with Crippen molar-refractivity contribution >= 4 is 12.0 Å². The molecule has 2 rings (SSSR count). The van der Waals surface area contributed by atoms with Crippen LogP contribution >= 0.6 is 0 Å². The molecule has 1 aliphatic rings. The van der Waals surface area contributed by atoms with Crippen LogP contribution in [0.2, 0.25) is 0 Å². The van der Waals surface area contributed by atoms with Crippen molar-refractivity contribution < 1.29 is 19.2 Å². The van der Waals surface area contributed by atoms with Crippen molar-refractivity contribution in [1.82, 2.24) is 10.4 Å². The Morgan fingerprint density at radius 2 is 2.18 bits per heavy atom. The van der Waals surface area contributed by atoms with Gasteiger partial charge in [0.15, 0.2) is 0 Å². The first-order chi connectivity index (χ1) is 10.7. The molecule has 1 aromatic carbocycles. The van der Waals surface area contributed by atoms with Gasteiger partial charge in [-0.05, 0) is 12.0 Å². The fourth-order valence-electron chi connectivity index (χ4n) is 2.31. The van der Waals surface area contributed by atoms with Crippen LogP contribution in [-0.4, -0.2) is 36.1 Å². The molecule has 22 heavy (non-hydrogen) atoms. The summed E-state index contributed by atoms with van der Waals surface area (Å²) in [6.45, 7) is 3.09. The predicted molar refractivity (Wildman–Crippen MR) is 80.7 cm³/mol. The normalized spacial score (nSPS) is 15.7. The van der Waals surface area contributed by atoms with Gasteiger partial charge in [0, 0.05) is 12.5 Å². The Hall–Kier alpha value is -1.92. The molecule has 120 valence electrons. The van der Waals surface area contributed by atoms with Crippen LogP contribution in [0, 0.1) is 0 Å². The number of hydroxylamine groups is 1. The van der Waals surface area contributed by atoms with Gasteiger partial charge in [0.1, 0.15) is 6.61 Å². The maximum Gasteiger partial charge on any atom is 0.416 e. The summed E-state index contributed by atoms with van der Waals surface area (Å²) in [4.78, 5) is 30.1. The summed E-state index contributed by atoms with van der Waals surface area (Å²) in [7, 11) is 0. The number of rotatable bonds is 8. The van der Waals surface area contributed by atoms with E-state index in [1.54, 1.807) is 0 Å². The lowest BCUT2D eigenvalue weighted by Crippen LogP contribution is -2.38. The van der Waals surface area contributed by atoms with Gasteiger partial charge in [-0.15, -0.1) is 0 Å². The van der Waals surface area contributed by atoms with E-state index in [1.165, 1.54) is 0 Å². The minimum Gasteiger partial charge on any atom is -0.447 e. The number of benzene rings is 1. The summed E-state index contributed by atoms with van der Waals surface area (Å²) in [5.41, 5.74) is 3.99. The van der Waals surface area contributed by atoms with Crippen LogP contribution in [0.3, 0.4) is 0 Å². The summed E-state index contributed by atoms with van der Waals surface area (Å²) in [6.07, 6.45) is 1.39. The molecular formula is C16H22N2O4. The van der Waals surface area contributed by atoms with Crippen molar-refractivity contribution in [3.63, 3.8) is 0 Å². The molecule has 1 atom stereocenters. The first-order valence-electron chi connectivity index (χ1n) is 7.59. The van der Waals surface area contributed by atoms with Crippen molar-refractivity contribution in [2.24, 2.45) is 0 Å². The average Bonchev–Trinajstić information content (AvgIpc) is 2.95. The van der Waals surface area contributed by atoms with E-state index in [2.05, 4.69) is 5.48 Å². The number of cyclic esters (lactones) is 1. The van der Waals surface area contributed by atoms with Crippen molar-refractivity contribution in [3.8, 4) is 0 Å². The zero-order valence-corrected chi connectivity index (χ0v) is 12.8. The highest BCUT2D eigenvalue weighted by atomic mass is 16.6. The lowest BCUT2D eigenvalue weighted by molar-refractivity contribution is -0.129. The number of nitrogens with zero attached hydrogens (tertiary/aromatic N) is 1. The second-order valence-electron chi connectivity index (χ2n) is 5.24. The maximum atomic E-state index is 12.1. The van der Waals surface area contributed by atoms with Gasteiger partial charge in [-0.25, -0.2) is 9.69 Å². The zero-order valence-electron chi connectivity index (χ0n) is 12.8. The van der Waals surface area contributed by atoms with Gasteiger partial charge in [-0.2, -0.15) is 5.48 Å². The van der Waals surface area contributed by atoms with Crippen molar-refractivity contribution in [3.05, 3.63) is 35.9 Å². The number of carbonyl (C=O) groups is 2. The van der Waals surface area contributed by atoms with Crippen LogP contribution in [0.15, 0.2) is 30.3 Å². The Kier molecular flexibility index (Phi) is 6.36. The van der Waals surface area contributed by atoms with Crippen LogP contribution in [0.5, 0.6) is 0 Å². The lowest BCUT2D eigenvalue weighted by atomic mass is 10.1. The van der Waals surface area contributed by atoms with Crippen LogP contribution in [0.1, 0.15) is 31.7 Å². The third-order valence-corrected chi connectivity index (χ3v) is 3.45. The largest absolute Gasteiger partial charge is 0.447 e. The lowest BCUT2D eigenvalue weighted by Gasteiger charge is -2.19. The predicted octanol–water partition coefficient (Wildman–Crippen LogP) is 2.25. The number of carbonyl (C=O) groups excluding carboxylic acids is 2. The van der Waals surface area contributed by atoms with E-state index >= 15 is 0 Å². The average molecular weight is 306 g/mol. The highest BCUT2D eigenvalue weighted by molar-refractivity contribution is 5.93. The molecule has 0 aliphatic carbocycles. The Labute approximate surface area is 130 Å². The molecule has 0 saturated carbocycles. The molecule has 1 N–H and O–H groups in total. The first kappa shape index (κ1) is 16.5. The second kappa shape index (κ2) is 8.51. The van der Waals surface area contributed by atoms with E-state index in [9.17, 15) is 9.59 Å². The van der Waals surface area contributed by atoms with E-state index in [-0.39, 0.29) is 25.0 Å². The minimum absolute atomic E-state index is 0.116. The maximum absolute atomic E-state index is 12.1. The molecule has 0 aromatic heterocycles. The zero-order chi connectivity index (χ0) is 15.8. The van der Waals surface area contributed by atoms with Gasteiger partial charge in [0.2, 0.25) is 5.91 Å². The fraction of sp³-hybridized carbons (Fsp3) is 0.500. The topological polar surface area (TPSA) is 67.9 Å². The number of imide groups is 1. The van der Waals surface area contributed by atoms with Crippen LogP contribution < -0.4 is 5.48 Å². The Bertz CT molecular complexity index is 492. The molecule has 0 radical (unpaired) electrons. The van der Waals surface area contributed by atoms with Gasteiger partial charge in [0.05, 0.1) is 13.2 Å². The Balaban J connectivity index is 1.79. The summed E-state index contributed by atoms with van der Waals surface area (Å²) in [5, 5.41) is 0. The quantitative estimate of drug-likeness (QED) is 0.746. The van der Waals surface area contributed by atoms with Crippen LogP contribution in [0.4, 0.5) is 4.79 Å². The van der Waals surface area contributed by atoms with E-state index in [4.69, 9.17) is 9.57 Å². The molecule has 0 unspecified atom stereocenters. The first-order valence-corrected chi connectivity index (χ1v) is 7.59. The molecule has 2 amide bonds. The molecule has 1 aliphatic heterocycles. The fourth-order valence-corrected chi connectivity index (χ4v) is 2.31. The van der Waals surface area contributed by atoms with Crippen molar-refractivity contribution in [2.75, 3.05) is 13.2 Å². The molecule has 1 heterocycles. The summed E-state index contributed by atoms with van der Waals surface area (Å²) in [6, 6.07) is 9.68. The van der Waals surface area contributed by atoms with Crippen LogP contribution in [-0.2, 0) is 21.0 Å². The molecule has 1 saturated heterocycles. The van der Waals surface area contributed by atoms with Gasteiger partial charge in [-0.1, -0.05) is 43.7 Å². The molecule has 6 heteroatoms. The highest BCUT2D eigenvalue weighted by Gasteiger charge is 2.29. The molecule has 1 aromatic rings. The summed E-state index contributed by atoms with van der Waals surface area (Å²) < 4.78 is 4.78. The monoisotopic (exact) mass is 306 g/mol. The molecule has 6 nitrogen and oxygen atoms in total. The van der Waals surface area contributed by atoms with E-state index < -0.39 is 6.09 Å². The van der Waals surface area contributed by atoms with Gasteiger partial charge in [-0.3, -0.25) is 9.63 Å². The highest BCUT2D eigenvalue weighted by Crippen LogP contribution is 2.10. The molecular weight excluding hydrogens is 284 g/mol. The van der Waals surface area contributed by atoms with Gasteiger partial charge >= 0.3 is 6.09 Å². The van der Waals surface area contributed by atoms with E-state index in [0.29, 0.717) is 13.2 Å². The summed E-state index contributed by atoms with van der Waals surface area (Å²) >= 11 is 0. The smallest absolute Gasteiger partial charge is 0.416 e. The third-order valence-electron chi connectivity index (χ3n) is 3.45. The SMILES string of the molecule is CCC[C@H](CC(=O)N1CCOC1=O)NOCc1ccccc1. The van der Waals surface area contributed by atoms with Crippen molar-refractivity contribution in [1.29, 1.82) is 0 Å². The number of hydrogen-bond acceptors (Lipinski definition) is 5. The number of ether oxygens (including phenoxy) is 1. The van der Waals surface area contributed by atoms with Gasteiger partial charge < -0.3 is 4.74 Å². The van der Waals surface area contributed by atoms with Gasteiger partial charge in [0.25, 0.3) is 0 Å². The Morgan fingerprint density at radius 1 is 1.41 bits per heavy atom. The Morgan fingerprint density at radius 3 is 2.82 bits per heavy atom. The molecule has 0 spiro atoms. The molecule has 1 fully saturated rings. The number of hydrogen-bond donors (Lipinski definition) is 1. The molecule has 0 bridgehead atoms.